The van der Waals surface area contributed by atoms with Gasteiger partial charge in [0.15, 0.2) is 0 Å². The van der Waals surface area contributed by atoms with Crippen molar-refractivity contribution in [2.45, 2.75) is 52.4 Å². The van der Waals surface area contributed by atoms with Gasteiger partial charge in [0, 0.05) is 11.1 Å². The second kappa shape index (κ2) is 5.80. The van der Waals surface area contributed by atoms with Crippen molar-refractivity contribution in [1.82, 2.24) is 0 Å². The number of hydrazone groups is 1. The number of nitrogens with one attached hydrogen (secondary N) is 1. The molecule has 0 spiro atoms. The van der Waals surface area contributed by atoms with Crippen LogP contribution in [0.5, 0.6) is 5.75 Å². The minimum Gasteiger partial charge on any atom is -0.505 e. The van der Waals surface area contributed by atoms with E-state index in [0.29, 0.717) is 5.69 Å². The Morgan fingerprint density at radius 3 is 2.28 bits per heavy atom. The quantitative estimate of drug-likeness (QED) is 0.755. The minimum absolute atomic E-state index is 0.0279. The van der Waals surface area contributed by atoms with E-state index in [1.807, 2.05) is 36.5 Å². The normalized spacial score (nSPS) is 14.2. The number of hydrazine groups is 1. The maximum Gasteiger partial charge on any atom is 0.146 e. The molecule has 4 nitrogen and oxygen atoms in total. The summed E-state index contributed by atoms with van der Waals surface area (Å²) >= 11 is 0. The van der Waals surface area contributed by atoms with Crippen molar-refractivity contribution in [3.63, 3.8) is 0 Å². The Kier molecular flexibility index (Phi) is 4.02. The van der Waals surface area contributed by atoms with Crippen LogP contribution < -0.4 is 10.5 Å². The summed E-state index contributed by atoms with van der Waals surface area (Å²) in [5.74, 6) is 0.268. The van der Waals surface area contributed by atoms with Gasteiger partial charge in [-0.1, -0.05) is 65.8 Å². The van der Waals surface area contributed by atoms with Crippen LogP contribution in [0.3, 0.4) is 0 Å². The molecular formula is C21H27N3O. The highest BCUT2D eigenvalue weighted by Crippen LogP contribution is 2.42. The third kappa shape index (κ3) is 3.34. The molecule has 1 aliphatic heterocycles. The molecule has 0 amide bonds. The largest absolute Gasteiger partial charge is 0.505 e. The van der Waals surface area contributed by atoms with Crippen LogP contribution in [0.4, 0.5) is 11.4 Å². The Labute approximate surface area is 150 Å². The molecule has 2 aromatic rings. The average molecular weight is 337 g/mol. The lowest BCUT2D eigenvalue weighted by Gasteiger charge is -2.31. The zero-order valence-electron chi connectivity index (χ0n) is 15.9. The first-order valence-corrected chi connectivity index (χ1v) is 8.65. The number of benzene rings is 2. The molecule has 0 radical (unpaired) electrons. The van der Waals surface area contributed by atoms with Crippen molar-refractivity contribution >= 4 is 17.6 Å². The fraction of sp³-hybridized carbons (Fsp3) is 0.381. The molecule has 0 unspecified atom stereocenters. The second-order valence-electron chi connectivity index (χ2n) is 8.65. The van der Waals surface area contributed by atoms with E-state index < -0.39 is 0 Å². The van der Waals surface area contributed by atoms with E-state index in [9.17, 15) is 5.11 Å². The number of para-hydroxylation sites is 1. The van der Waals surface area contributed by atoms with Gasteiger partial charge in [-0.15, -0.1) is 0 Å². The van der Waals surface area contributed by atoms with E-state index in [1.165, 1.54) is 5.56 Å². The smallest absolute Gasteiger partial charge is 0.146 e. The van der Waals surface area contributed by atoms with Crippen LogP contribution in [0.15, 0.2) is 41.5 Å². The Morgan fingerprint density at radius 1 is 0.960 bits per heavy atom. The first-order valence-electron chi connectivity index (χ1n) is 8.65. The molecule has 25 heavy (non-hydrogen) atoms. The van der Waals surface area contributed by atoms with Gasteiger partial charge in [-0.25, -0.2) is 0 Å². The molecule has 4 heteroatoms. The first-order chi connectivity index (χ1) is 11.6. The van der Waals surface area contributed by atoms with E-state index >= 15 is 0 Å². The van der Waals surface area contributed by atoms with Crippen LogP contribution in [-0.4, -0.2) is 11.3 Å². The molecule has 132 valence electrons. The fourth-order valence-electron chi connectivity index (χ4n) is 2.88. The molecule has 1 aliphatic rings. The van der Waals surface area contributed by atoms with Crippen LogP contribution in [0, 0.1) is 0 Å². The summed E-state index contributed by atoms with van der Waals surface area (Å²) in [6, 6.07) is 12.1. The summed E-state index contributed by atoms with van der Waals surface area (Å²) in [6.45, 7) is 12.9. The topological polar surface area (TPSA) is 47.9 Å². The van der Waals surface area contributed by atoms with Gasteiger partial charge < -0.3 is 5.11 Å². The molecule has 0 fully saturated rings. The zero-order valence-corrected chi connectivity index (χ0v) is 15.9. The highest BCUT2D eigenvalue weighted by atomic mass is 16.3. The maximum absolute atomic E-state index is 11.0. The minimum atomic E-state index is -0.169. The Hall–Kier alpha value is -2.49. The van der Waals surface area contributed by atoms with Crippen LogP contribution in [0.2, 0.25) is 0 Å². The van der Waals surface area contributed by atoms with Gasteiger partial charge in [0.1, 0.15) is 11.4 Å². The molecule has 0 aromatic heterocycles. The number of hydrogen-bond donors (Lipinski definition) is 2. The summed E-state index contributed by atoms with van der Waals surface area (Å²) < 4.78 is 0. The summed E-state index contributed by atoms with van der Waals surface area (Å²) in [7, 11) is 0. The van der Waals surface area contributed by atoms with Gasteiger partial charge >= 0.3 is 0 Å². The lowest BCUT2D eigenvalue weighted by molar-refractivity contribution is 0.444. The number of rotatable bonds is 1. The van der Waals surface area contributed by atoms with Gasteiger partial charge in [-0.05, 0) is 28.5 Å². The van der Waals surface area contributed by atoms with Crippen molar-refractivity contribution in [2.75, 3.05) is 10.5 Å². The molecule has 0 bridgehead atoms. The number of phenolic OH excluding ortho intramolecular Hbond substituents is 1. The molecule has 0 saturated heterocycles. The van der Waals surface area contributed by atoms with Crippen molar-refractivity contribution < 1.29 is 5.11 Å². The number of phenols is 1. The molecule has 1 heterocycles. The first kappa shape index (κ1) is 17.3. The highest BCUT2D eigenvalue weighted by Gasteiger charge is 2.27. The number of aromatic hydroxyl groups is 1. The van der Waals surface area contributed by atoms with Gasteiger partial charge in [-0.2, -0.15) is 10.2 Å². The second-order valence-corrected chi connectivity index (χ2v) is 8.65. The number of anilines is 2. The molecule has 2 aromatic carbocycles. The third-order valence-corrected chi connectivity index (χ3v) is 4.49. The predicted molar refractivity (Wildman–Crippen MR) is 106 cm³/mol. The number of hydrogen-bond acceptors (Lipinski definition) is 4. The van der Waals surface area contributed by atoms with E-state index in [0.717, 1.165) is 16.8 Å². The third-order valence-electron chi connectivity index (χ3n) is 4.49. The lowest BCUT2D eigenvalue weighted by atomic mass is 9.79. The summed E-state index contributed by atoms with van der Waals surface area (Å²) in [5, 5.41) is 17.1. The molecule has 3 rings (SSSR count). The van der Waals surface area contributed by atoms with Crippen molar-refractivity contribution in [3.05, 3.63) is 53.1 Å². The van der Waals surface area contributed by atoms with Crippen molar-refractivity contribution in [2.24, 2.45) is 5.10 Å². The van der Waals surface area contributed by atoms with Crippen LogP contribution in [0.25, 0.3) is 0 Å². The van der Waals surface area contributed by atoms with Gasteiger partial charge in [0.05, 0.1) is 11.9 Å². The average Bonchev–Trinajstić information content (AvgIpc) is 2.52. The monoisotopic (exact) mass is 337 g/mol. The highest BCUT2D eigenvalue weighted by molar-refractivity contribution is 5.91. The maximum atomic E-state index is 11.0. The molecule has 0 aliphatic carbocycles. The SMILES string of the molecule is CC(C)(C)c1cc(N2N=Cc3ccccc3N2)c(O)c(C(C)(C)C)c1. The standard InChI is InChI=1S/C21H27N3O/c1-20(2,3)15-11-16(21(4,5)6)19(25)18(12-15)24-22-13-14-9-7-8-10-17(14)23-24/h7-13,23,25H,1-6H3. The summed E-state index contributed by atoms with van der Waals surface area (Å²) in [5.41, 5.74) is 7.85. The van der Waals surface area contributed by atoms with E-state index in [1.54, 1.807) is 5.12 Å². The van der Waals surface area contributed by atoms with Gasteiger partial charge in [0.2, 0.25) is 0 Å². The predicted octanol–water partition coefficient (Wildman–Crippen LogP) is 5.17. The van der Waals surface area contributed by atoms with Gasteiger partial charge in [-0.3, -0.25) is 5.43 Å². The zero-order chi connectivity index (χ0) is 18.4. The summed E-state index contributed by atoms with van der Waals surface area (Å²) in [4.78, 5) is 0. The number of nitrogens with zero attached hydrogens (tertiary/aromatic N) is 2. The number of fused-ring (bicyclic) bond motifs is 1. The Bertz CT molecular complexity index is 826. The molecule has 0 saturated carbocycles. The van der Waals surface area contributed by atoms with Gasteiger partial charge in [0.25, 0.3) is 0 Å². The van der Waals surface area contributed by atoms with E-state index in [4.69, 9.17) is 0 Å². The Morgan fingerprint density at radius 2 is 1.64 bits per heavy atom. The van der Waals surface area contributed by atoms with E-state index in [2.05, 4.69) is 58.1 Å². The molecular weight excluding hydrogens is 310 g/mol. The summed E-state index contributed by atoms with van der Waals surface area (Å²) in [6.07, 6.45) is 1.81. The van der Waals surface area contributed by atoms with Crippen molar-refractivity contribution in [1.29, 1.82) is 0 Å². The lowest BCUT2D eigenvalue weighted by Crippen LogP contribution is -2.29. The molecule has 2 N–H and O–H groups in total. The fourth-order valence-corrected chi connectivity index (χ4v) is 2.88. The Balaban J connectivity index is 2.13. The molecule has 0 atom stereocenters. The van der Waals surface area contributed by atoms with Crippen LogP contribution in [-0.2, 0) is 10.8 Å². The van der Waals surface area contributed by atoms with E-state index in [-0.39, 0.29) is 16.6 Å². The van der Waals surface area contributed by atoms with Crippen LogP contribution >= 0.6 is 0 Å². The van der Waals surface area contributed by atoms with Crippen molar-refractivity contribution in [3.8, 4) is 5.75 Å². The van der Waals surface area contributed by atoms with Crippen LogP contribution in [0.1, 0.15) is 58.2 Å².